The molecule has 0 bridgehead atoms. The molecule has 3 atom stereocenters. The topological polar surface area (TPSA) is 131 Å². The number of carbonyl (C=O) groups excluding carboxylic acids is 3. The van der Waals surface area contributed by atoms with E-state index in [1.54, 1.807) is 27.8 Å². The monoisotopic (exact) mass is 577 g/mol. The zero-order valence-corrected chi connectivity index (χ0v) is 24.1. The maximum atomic E-state index is 13.1. The Labute approximate surface area is 237 Å². The first-order valence-electron chi connectivity index (χ1n) is 13.0. The summed E-state index contributed by atoms with van der Waals surface area (Å²) in [5, 5.41) is 16.6. The summed E-state index contributed by atoms with van der Waals surface area (Å²) in [5.74, 6) is -0.231. The number of aromatic nitrogens is 2. The summed E-state index contributed by atoms with van der Waals surface area (Å²) in [6.45, 7) is 5.87. The predicted octanol–water partition coefficient (Wildman–Crippen LogP) is 1.55. The number of nitrogens with two attached hydrogens (primary N) is 1. The molecule has 2 fully saturated rings. The number of halogens is 2. The zero-order chi connectivity index (χ0) is 28.5. The van der Waals surface area contributed by atoms with Crippen LogP contribution < -0.4 is 20.8 Å². The predicted molar refractivity (Wildman–Crippen MR) is 149 cm³/mol. The number of hydrogen-bond donors (Lipinski definition) is 3. The first kappa shape index (κ1) is 28.9. The van der Waals surface area contributed by atoms with E-state index < -0.39 is 10.4 Å². The zero-order valence-electron chi connectivity index (χ0n) is 22.6. The van der Waals surface area contributed by atoms with Crippen LogP contribution in [0, 0.1) is 12.8 Å². The Morgan fingerprint density at radius 3 is 2.62 bits per heavy atom. The van der Waals surface area contributed by atoms with Gasteiger partial charge in [-0.15, -0.1) is 23.2 Å². The highest BCUT2D eigenvalue weighted by Crippen LogP contribution is 2.54. The Morgan fingerprint density at radius 2 is 2.00 bits per heavy atom. The molecule has 1 aliphatic heterocycles. The normalized spacial score (nSPS) is 20.3. The van der Waals surface area contributed by atoms with Crippen molar-refractivity contribution in [3.8, 4) is 5.75 Å². The van der Waals surface area contributed by atoms with Gasteiger partial charge in [-0.1, -0.05) is 0 Å². The molecule has 0 spiro atoms. The standard InChI is InChI=1S/C27H34Cl2N6O4/c1-15-10-18(33-34(15)4)14-39-19-7-8-22(20(11-19)25(30)17(3)36)31-13-24(37)35-9-5-6-23(35)26(38)32-16(2)21-12-27(21,28)29/h7-8,10-11,16,21,23,30-31H,5-6,9,12-14H2,1-4H3,(H,32,38)/p+1/t16-,21-,23+/m1/s1. The number of Topliss-reactive ketones (excluding diaryl/α,β-unsaturated/α-hetero) is 1. The fourth-order valence-electron chi connectivity index (χ4n) is 4.85. The Kier molecular flexibility index (Phi) is 8.56. The summed E-state index contributed by atoms with van der Waals surface area (Å²) in [5.41, 5.74) is 2.78. The van der Waals surface area contributed by atoms with Crippen LogP contribution in [0.2, 0.25) is 0 Å². The Bertz CT molecular complexity index is 1270. The van der Waals surface area contributed by atoms with Crippen LogP contribution in [0.4, 0.5) is 5.69 Å². The lowest BCUT2D eigenvalue weighted by atomic mass is 10.0. The number of alkyl halides is 2. The Balaban J connectivity index is 1.39. The Hall–Kier alpha value is -3.11. The van der Waals surface area contributed by atoms with E-state index in [0.29, 0.717) is 36.4 Å². The highest BCUT2D eigenvalue weighted by molar-refractivity contribution is 6.51. The molecule has 10 nitrogen and oxygen atoms in total. The quantitative estimate of drug-likeness (QED) is 0.274. The minimum Gasteiger partial charge on any atom is -0.487 e. The highest BCUT2D eigenvalue weighted by atomic mass is 35.5. The van der Waals surface area contributed by atoms with E-state index in [1.807, 2.05) is 27.0 Å². The van der Waals surface area contributed by atoms with Crippen molar-refractivity contribution in [2.24, 2.45) is 13.0 Å². The molecule has 1 saturated carbocycles. The van der Waals surface area contributed by atoms with Crippen LogP contribution in [0.25, 0.3) is 0 Å². The van der Waals surface area contributed by atoms with Crippen molar-refractivity contribution in [2.75, 3.05) is 18.4 Å². The summed E-state index contributed by atoms with van der Waals surface area (Å²) in [7, 11) is 1.86. The first-order valence-corrected chi connectivity index (χ1v) is 13.7. The number of carbonyl (C=O) groups is 3. The van der Waals surface area contributed by atoms with Crippen LogP contribution in [-0.4, -0.2) is 67.5 Å². The van der Waals surface area contributed by atoms with E-state index in [2.05, 4.69) is 15.7 Å². The second-order valence-electron chi connectivity index (χ2n) is 10.3. The van der Waals surface area contributed by atoms with Crippen molar-refractivity contribution in [2.45, 2.75) is 63.1 Å². The molecule has 0 unspecified atom stereocenters. The third-order valence-corrected chi connectivity index (χ3v) is 8.23. The van der Waals surface area contributed by atoms with E-state index in [1.165, 1.54) is 6.92 Å². The number of ether oxygens (including phenoxy) is 1. The fourth-order valence-corrected chi connectivity index (χ4v) is 5.56. The summed E-state index contributed by atoms with van der Waals surface area (Å²) < 4.78 is 6.85. The van der Waals surface area contributed by atoms with E-state index >= 15 is 0 Å². The minimum absolute atomic E-state index is 0.00145. The van der Waals surface area contributed by atoms with Gasteiger partial charge in [-0.3, -0.25) is 24.5 Å². The van der Waals surface area contributed by atoms with Gasteiger partial charge in [0, 0.05) is 43.9 Å². The molecular weight excluding hydrogens is 543 g/mol. The lowest BCUT2D eigenvalue weighted by Gasteiger charge is -2.26. The number of amides is 2. The number of anilines is 1. The van der Waals surface area contributed by atoms with Crippen LogP contribution in [-0.2, 0) is 28.0 Å². The smallest absolute Gasteiger partial charge is 0.249 e. The lowest BCUT2D eigenvalue weighted by Crippen LogP contribution is -2.50. The summed E-state index contributed by atoms with van der Waals surface area (Å²) in [4.78, 5) is 39.8. The van der Waals surface area contributed by atoms with Gasteiger partial charge in [-0.25, -0.2) is 0 Å². The number of rotatable bonds is 11. The lowest BCUT2D eigenvalue weighted by molar-refractivity contribution is -0.137. The molecule has 210 valence electrons. The first-order chi connectivity index (χ1) is 18.4. The largest absolute Gasteiger partial charge is 0.487 e. The van der Waals surface area contributed by atoms with E-state index in [0.717, 1.165) is 17.8 Å². The van der Waals surface area contributed by atoms with Crippen molar-refractivity contribution in [3.05, 3.63) is 41.2 Å². The molecule has 4 N–H and O–H groups in total. The number of nitrogens with zero attached hydrogens (tertiary/aromatic N) is 3. The van der Waals surface area contributed by atoms with Crippen molar-refractivity contribution in [3.63, 3.8) is 0 Å². The van der Waals surface area contributed by atoms with Gasteiger partial charge in [0.05, 0.1) is 12.1 Å². The van der Waals surface area contributed by atoms with Crippen molar-refractivity contribution in [1.29, 1.82) is 0 Å². The number of nitrogens with one attached hydrogen (secondary N) is 2. The van der Waals surface area contributed by atoms with Gasteiger partial charge >= 0.3 is 0 Å². The van der Waals surface area contributed by atoms with Gasteiger partial charge in [-0.05, 0) is 57.4 Å². The van der Waals surface area contributed by atoms with Gasteiger partial charge in [0.25, 0.3) is 0 Å². The van der Waals surface area contributed by atoms with Crippen LogP contribution in [0.15, 0.2) is 24.3 Å². The SMILES string of the molecule is CC(=O)C(=[NH2+])c1cc(OCc2cc(C)n(C)n2)ccc1NCC(=O)N1CCC[C@H]1C(=O)N[C@H](C)[C@H]1CC1(Cl)Cl. The molecule has 1 aromatic carbocycles. The number of likely N-dealkylation sites (tertiary alicyclic amines) is 1. The number of ketones is 1. The summed E-state index contributed by atoms with van der Waals surface area (Å²) in [6.07, 6.45) is 1.94. The molecule has 4 rings (SSSR count). The maximum Gasteiger partial charge on any atom is 0.249 e. The molecule has 1 aliphatic carbocycles. The van der Waals surface area contributed by atoms with Crippen LogP contribution >= 0.6 is 23.2 Å². The van der Waals surface area contributed by atoms with Crippen LogP contribution in [0.1, 0.15) is 50.1 Å². The number of benzene rings is 1. The van der Waals surface area contributed by atoms with Gasteiger partial charge in [0.15, 0.2) is 0 Å². The maximum absolute atomic E-state index is 13.1. The molecule has 1 aromatic heterocycles. The number of hydrogen-bond acceptors (Lipinski definition) is 6. The van der Waals surface area contributed by atoms with E-state index in [9.17, 15) is 14.4 Å². The Morgan fingerprint density at radius 1 is 1.28 bits per heavy atom. The minimum atomic E-state index is -0.795. The molecule has 0 radical (unpaired) electrons. The van der Waals surface area contributed by atoms with Crippen molar-refractivity contribution < 1.29 is 24.5 Å². The number of aryl methyl sites for hydroxylation is 2. The average molecular weight is 579 g/mol. The van der Waals surface area contributed by atoms with E-state index in [-0.39, 0.29) is 48.4 Å². The second-order valence-corrected chi connectivity index (χ2v) is 11.9. The summed E-state index contributed by atoms with van der Waals surface area (Å²) in [6, 6.07) is 6.31. The molecule has 2 heterocycles. The van der Waals surface area contributed by atoms with Gasteiger partial charge in [0.1, 0.15) is 28.4 Å². The molecule has 12 heteroatoms. The molecule has 2 amide bonds. The van der Waals surface area contributed by atoms with Crippen molar-refractivity contribution >= 4 is 52.2 Å². The van der Waals surface area contributed by atoms with Gasteiger partial charge in [0.2, 0.25) is 23.3 Å². The average Bonchev–Trinajstić information content (AvgIpc) is 3.19. The van der Waals surface area contributed by atoms with E-state index in [4.69, 9.17) is 33.3 Å². The molecule has 2 aliphatic rings. The second kappa shape index (κ2) is 11.6. The highest BCUT2D eigenvalue weighted by Gasteiger charge is 2.55. The van der Waals surface area contributed by atoms with Gasteiger partial charge < -0.3 is 20.3 Å². The molecular formula is C27H35Cl2N6O4+. The van der Waals surface area contributed by atoms with Crippen LogP contribution in [0.3, 0.4) is 0 Å². The summed E-state index contributed by atoms with van der Waals surface area (Å²) >= 11 is 12.3. The third-order valence-electron chi connectivity index (χ3n) is 7.37. The molecule has 1 saturated heterocycles. The van der Waals surface area contributed by atoms with Gasteiger partial charge in [-0.2, -0.15) is 5.10 Å². The fraction of sp³-hybridized carbons (Fsp3) is 0.519. The molecule has 2 aromatic rings. The third kappa shape index (κ3) is 6.73. The molecule has 39 heavy (non-hydrogen) atoms. The van der Waals surface area contributed by atoms with Crippen LogP contribution in [0.5, 0.6) is 5.75 Å². The van der Waals surface area contributed by atoms with Crippen molar-refractivity contribution in [1.82, 2.24) is 20.0 Å².